The molecule has 0 aromatic rings. The second-order valence-corrected chi connectivity index (χ2v) is 4.00. The summed E-state index contributed by atoms with van der Waals surface area (Å²) in [5, 5.41) is 4.11. The van der Waals surface area contributed by atoms with Crippen molar-refractivity contribution in [2.24, 2.45) is 22.9 Å². The smallest absolute Gasteiger partial charge is 0.0543 e. The van der Waals surface area contributed by atoms with E-state index in [0.29, 0.717) is 23.8 Å². The summed E-state index contributed by atoms with van der Waals surface area (Å²) >= 11 is 0. The average molecular weight is 154 g/mol. The Hall–Kier alpha value is -0.530. The molecule has 2 unspecified atom stereocenters. The molecule has 64 valence electrons. The molecular formula is C9H18N2. The molecule has 0 saturated carbocycles. The molecule has 2 nitrogen and oxygen atoms in total. The first kappa shape index (κ1) is 8.57. The lowest BCUT2D eigenvalue weighted by atomic mass is 9.85. The summed E-state index contributed by atoms with van der Waals surface area (Å²) < 4.78 is 0. The van der Waals surface area contributed by atoms with Crippen LogP contribution in [0.2, 0.25) is 0 Å². The lowest BCUT2D eigenvalue weighted by Crippen LogP contribution is -2.35. The molecule has 11 heavy (non-hydrogen) atoms. The molecule has 1 N–H and O–H groups in total. The molecule has 0 saturated heterocycles. The number of rotatable bonds is 2. The van der Waals surface area contributed by atoms with Crippen LogP contribution in [-0.2, 0) is 0 Å². The van der Waals surface area contributed by atoms with Gasteiger partial charge in [0.1, 0.15) is 0 Å². The second kappa shape index (κ2) is 3.24. The summed E-state index contributed by atoms with van der Waals surface area (Å²) in [6, 6.07) is 0.551. The van der Waals surface area contributed by atoms with Gasteiger partial charge in [-0.2, -0.15) is 5.10 Å². The highest BCUT2D eigenvalue weighted by atomic mass is 15.3. The summed E-state index contributed by atoms with van der Waals surface area (Å²) in [7, 11) is 0. The van der Waals surface area contributed by atoms with Gasteiger partial charge in [-0.15, -0.1) is 0 Å². The molecule has 0 amide bonds. The normalized spacial score (nSPS) is 30.0. The largest absolute Gasteiger partial charge is 0.306 e. The monoisotopic (exact) mass is 154 g/mol. The quantitative estimate of drug-likeness (QED) is 0.645. The van der Waals surface area contributed by atoms with Crippen LogP contribution < -0.4 is 5.43 Å². The third kappa shape index (κ3) is 1.73. The van der Waals surface area contributed by atoms with Gasteiger partial charge in [-0.25, -0.2) is 0 Å². The van der Waals surface area contributed by atoms with Crippen molar-refractivity contribution in [1.29, 1.82) is 0 Å². The molecule has 0 bridgehead atoms. The Morgan fingerprint density at radius 3 is 2.18 bits per heavy atom. The topological polar surface area (TPSA) is 24.4 Å². The van der Waals surface area contributed by atoms with Crippen molar-refractivity contribution in [3.05, 3.63) is 0 Å². The van der Waals surface area contributed by atoms with Crippen molar-refractivity contribution < 1.29 is 0 Å². The van der Waals surface area contributed by atoms with Crippen molar-refractivity contribution in [2.75, 3.05) is 0 Å². The maximum absolute atomic E-state index is 4.11. The van der Waals surface area contributed by atoms with Crippen LogP contribution in [0.5, 0.6) is 0 Å². The Balaban J connectivity index is 2.56. The van der Waals surface area contributed by atoms with Crippen LogP contribution in [0.4, 0.5) is 0 Å². The highest BCUT2D eigenvalue weighted by Gasteiger charge is 2.28. The van der Waals surface area contributed by atoms with Crippen molar-refractivity contribution in [2.45, 2.75) is 33.7 Å². The number of nitrogens with zero attached hydrogens (tertiary/aromatic N) is 1. The predicted molar refractivity (Wildman–Crippen MR) is 48.6 cm³/mol. The van der Waals surface area contributed by atoms with Crippen LogP contribution >= 0.6 is 0 Å². The first-order valence-corrected chi connectivity index (χ1v) is 4.41. The third-order valence-electron chi connectivity index (χ3n) is 2.37. The minimum absolute atomic E-state index is 0.551. The Kier molecular flexibility index (Phi) is 2.53. The molecule has 2 heteroatoms. The van der Waals surface area contributed by atoms with Crippen molar-refractivity contribution in [3.8, 4) is 0 Å². The Morgan fingerprint density at radius 1 is 1.18 bits per heavy atom. The van der Waals surface area contributed by atoms with Crippen molar-refractivity contribution in [3.63, 3.8) is 0 Å². The van der Waals surface area contributed by atoms with Gasteiger partial charge in [-0.1, -0.05) is 27.7 Å². The first-order valence-electron chi connectivity index (χ1n) is 4.41. The Labute approximate surface area is 69.1 Å². The van der Waals surface area contributed by atoms with Crippen LogP contribution in [0.15, 0.2) is 5.10 Å². The van der Waals surface area contributed by atoms with Gasteiger partial charge in [0, 0.05) is 12.1 Å². The van der Waals surface area contributed by atoms with E-state index in [1.54, 1.807) is 0 Å². The molecule has 1 aliphatic heterocycles. The van der Waals surface area contributed by atoms with E-state index < -0.39 is 0 Å². The average Bonchev–Trinajstić information content (AvgIpc) is 2.32. The molecule has 1 heterocycles. The van der Waals surface area contributed by atoms with Gasteiger partial charge in [0.15, 0.2) is 0 Å². The summed E-state index contributed by atoms with van der Waals surface area (Å²) in [4.78, 5) is 0. The van der Waals surface area contributed by atoms with E-state index in [1.165, 1.54) is 0 Å². The van der Waals surface area contributed by atoms with E-state index in [1.807, 2.05) is 0 Å². The van der Waals surface area contributed by atoms with Gasteiger partial charge in [-0.3, -0.25) is 0 Å². The van der Waals surface area contributed by atoms with E-state index in [2.05, 4.69) is 44.4 Å². The lowest BCUT2D eigenvalue weighted by Gasteiger charge is -2.24. The number of hydrogen-bond donors (Lipinski definition) is 1. The van der Waals surface area contributed by atoms with Gasteiger partial charge < -0.3 is 5.43 Å². The minimum Gasteiger partial charge on any atom is -0.306 e. The fourth-order valence-electron chi connectivity index (χ4n) is 1.57. The van der Waals surface area contributed by atoms with Crippen LogP contribution in [-0.4, -0.2) is 12.3 Å². The molecule has 2 atom stereocenters. The fourth-order valence-corrected chi connectivity index (χ4v) is 1.57. The maximum atomic E-state index is 4.11. The molecule has 1 aliphatic rings. The van der Waals surface area contributed by atoms with Gasteiger partial charge in [0.05, 0.1) is 6.04 Å². The molecular weight excluding hydrogens is 136 g/mol. The van der Waals surface area contributed by atoms with Crippen molar-refractivity contribution in [1.82, 2.24) is 5.43 Å². The number of hydrogen-bond acceptors (Lipinski definition) is 2. The highest BCUT2D eigenvalue weighted by molar-refractivity contribution is 5.64. The molecule has 0 aliphatic carbocycles. The van der Waals surface area contributed by atoms with E-state index in [0.717, 1.165) is 0 Å². The molecule has 0 fully saturated rings. The summed E-state index contributed by atoms with van der Waals surface area (Å²) in [6.45, 7) is 8.97. The predicted octanol–water partition coefficient (Wildman–Crippen LogP) is 1.87. The Morgan fingerprint density at radius 2 is 1.82 bits per heavy atom. The summed E-state index contributed by atoms with van der Waals surface area (Å²) in [5.41, 5.74) is 3.16. The lowest BCUT2D eigenvalue weighted by molar-refractivity contribution is 0.318. The molecule has 0 aromatic heterocycles. The maximum Gasteiger partial charge on any atom is 0.0543 e. The van der Waals surface area contributed by atoms with Gasteiger partial charge in [0.25, 0.3) is 0 Å². The van der Waals surface area contributed by atoms with Crippen LogP contribution in [0, 0.1) is 17.8 Å². The van der Waals surface area contributed by atoms with Crippen LogP contribution in [0.1, 0.15) is 27.7 Å². The standard InChI is InChI=1S/C9H18N2/c1-6(2)8-5-10-11-9(8)7(3)4/h5-9,11H,1-4H3. The second-order valence-electron chi connectivity index (χ2n) is 4.00. The van der Waals surface area contributed by atoms with E-state index in [9.17, 15) is 0 Å². The molecule has 0 spiro atoms. The first-order chi connectivity index (χ1) is 5.13. The van der Waals surface area contributed by atoms with Gasteiger partial charge in [0.2, 0.25) is 0 Å². The summed E-state index contributed by atoms with van der Waals surface area (Å²) in [6.07, 6.45) is 2.05. The van der Waals surface area contributed by atoms with E-state index >= 15 is 0 Å². The molecule has 0 aromatic carbocycles. The summed E-state index contributed by atoms with van der Waals surface area (Å²) in [5.74, 6) is 1.99. The third-order valence-corrected chi connectivity index (χ3v) is 2.37. The number of nitrogens with one attached hydrogen (secondary N) is 1. The molecule has 0 radical (unpaired) electrons. The highest BCUT2D eigenvalue weighted by Crippen LogP contribution is 2.22. The zero-order valence-corrected chi connectivity index (χ0v) is 7.83. The number of hydrazone groups is 1. The van der Waals surface area contributed by atoms with Gasteiger partial charge >= 0.3 is 0 Å². The Bertz CT molecular complexity index is 150. The van der Waals surface area contributed by atoms with Crippen molar-refractivity contribution >= 4 is 6.21 Å². The van der Waals surface area contributed by atoms with E-state index in [-0.39, 0.29) is 0 Å². The molecule has 1 rings (SSSR count). The fraction of sp³-hybridized carbons (Fsp3) is 0.889. The van der Waals surface area contributed by atoms with E-state index in [4.69, 9.17) is 0 Å². The zero-order valence-electron chi connectivity index (χ0n) is 7.83. The van der Waals surface area contributed by atoms with Gasteiger partial charge in [-0.05, 0) is 11.8 Å². The van der Waals surface area contributed by atoms with Crippen LogP contribution in [0.25, 0.3) is 0 Å². The SMILES string of the molecule is CC(C)C1C=NNC1C(C)C. The minimum atomic E-state index is 0.551. The zero-order chi connectivity index (χ0) is 8.43. The van der Waals surface area contributed by atoms with Crippen LogP contribution in [0.3, 0.4) is 0 Å².